The number of amides is 1. The van der Waals surface area contributed by atoms with Crippen LogP contribution in [0.25, 0.3) is 10.4 Å². The molecule has 172 valence electrons. The summed E-state index contributed by atoms with van der Waals surface area (Å²) >= 11 is 2.96. The maximum atomic E-state index is 14.2. The molecule has 1 aromatic carbocycles. The van der Waals surface area contributed by atoms with Crippen molar-refractivity contribution < 1.29 is 9.18 Å². The number of carbonyl (C=O) groups excluding carboxylic acids is 1. The Hall–Kier alpha value is -2.64. The van der Waals surface area contributed by atoms with Gasteiger partial charge in [-0.1, -0.05) is 68.5 Å². The van der Waals surface area contributed by atoms with Crippen LogP contribution >= 0.6 is 22.7 Å². The number of allylic oxidation sites excluding steroid dienone is 4. The second kappa shape index (κ2) is 10.5. The van der Waals surface area contributed by atoms with Gasteiger partial charge in [-0.25, -0.2) is 4.39 Å². The fourth-order valence-electron chi connectivity index (χ4n) is 4.31. The van der Waals surface area contributed by atoms with Gasteiger partial charge in [0.1, 0.15) is 11.3 Å². The Bertz CT molecular complexity index is 1130. The molecule has 7 heteroatoms. The van der Waals surface area contributed by atoms with E-state index in [0.29, 0.717) is 17.5 Å². The first-order valence-electron chi connectivity index (χ1n) is 11.2. The monoisotopic (exact) mass is 481 g/mol. The van der Waals surface area contributed by atoms with Crippen LogP contribution in [-0.2, 0) is 11.2 Å². The summed E-state index contributed by atoms with van der Waals surface area (Å²) in [6.45, 7) is 6.35. The minimum Gasteiger partial charge on any atom is -0.300 e. The van der Waals surface area contributed by atoms with Crippen molar-refractivity contribution in [3.8, 4) is 10.4 Å². The Morgan fingerprint density at radius 3 is 2.64 bits per heavy atom. The number of hydrogen-bond acceptors (Lipinski definition) is 5. The van der Waals surface area contributed by atoms with E-state index in [-0.39, 0.29) is 29.5 Å². The van der Waals surface area contributed by atoms with Crippen LogP contribution in [0.5, 0.6) is 0 Å². The molecule has 0 spiro atoms. The number of nitrogens with zero attached hydrogens (tertiary/aromatic N) is 2. The smallest absolute Gasteiger partial charge is 0.229 e. The van der Waals surface area contributed by atoms with E-state index in [4.69, 9.17) is 0 Å². The lowest BCUT2D eigenvalue weighted by molar-refractivity contribution is -0.120. The van der Waals surface area contributed by atoms with Crippen molar-refractivity contribution in [2.45, 2.75) is 39.5 Å². The molecule has 0 aliphatic heterocycles. The van der Waals surface area contributed by atoms with Crippen LogP contribution in [0, 0.1) is 17.8 Å². The van der Waals surface area contributed by atoms with Gasteiger partial charge in [-0.3, -0.25) is 4.79 Å². The molecule has 1 amide bonds. The number of anilines is 1. The third kappa shape index (κ3) is 5.84. The molecule has 2 aromatic heterocycles. The molecule has 3 atom stereocenters. The lowest BCUT2D eigenvalue weighted by atomic mass is 9.77. The van der Waals surface area contributed by atoms with Crippen LogP contribution in [-0.4, -0.2) is 16.1 Å². The van der Waals surface area contributed by atoms with Crippen molar-refractivity contribution in [1.82, 2.24) is 10.2 Å². The number of thiophene rings is 1. The van der Waals surface area contributed by atoms with E-state index in [1.807, 2.05) is 13.0 Å². The first kappa shape index (κ1) is 23.5. The van der Waals surface area contributed by atoms with Gasteiger partial charge in [-0.05, 0) is 47.6 Å². The molecule has 2 heterocycles. The highest BCUT2D eigenvalue weighted by molar-refractivity contribution is 7.15. The Kier molecular flexibility index (Phi) is 7.50. The van der Waals surface area contributed by atoms with E-state index in [0.717, 1.165) is 21.7 Å². The number of nitrogens with one attached hydrogen (secondary N) is 1. The van der Waals surface area contributed by atoms with Gasteiger partial charge in [0.25, 0.3) is 0 Å². The zero-order valence-electron chi connectivity index (χ0n) is 19.0. The van der Waals surface area contributed by atoms with Gasteiger partial charge in [0.15, 0.2) is 0 Å². The molecule has 0 saturated carbocycles. The number of hydrogen-bond donors (Lipinski definition) is 1. The molecule has 1 aliphatic rings. The summed E-state index contributed by atoms with van der Waals surface area (Å²) in [7, 11) is 0. The SMILES string of the molecule is CC(C)Cc1ccc(-c2ccc([C@@H](C3C=CC=C(F)C3)[C@@H](C)C(=O)Nc3nncs3)s2)cc1. The van der Waals surface area contributed by atoms with E-state index >= 15 is 0 Å². The van der Waals surface area contributed by atoms with Crippen molar-refractivity contribution in [2.24, 2.45) is 17.8 Å². The van der Waals surface area contributed by atoms with Crippen LogP contribution in [0.15, 0.2) is 66.0 Å². The number of benzene rings is 1. The molecule has 4 nitrogen and oxygen atoms in total. The van der Waals surface area contributed by atoms with Crippen molar-refractivity contribution in [1.29, 1.82) is 0 Å². The molecule has 3 aromatic rings. The van der Waals surface area contributed by atoms with Crippen LogP contribution in [0.3, 0.4) is 0 Å². The zero-order valence-corrected chi connectivity index (χ0v) is 20.6. The van der Waals surface area contributed by atoms with Crippen molar-refractivity contribution in [2.75, 3.05) is 5.32 Å². The Morgan fingerprint density at radius 2 is 1.97 bits per heavy atom. The maximum Gasteiger partial charge on any atom is 0.229 e. The average molecular weight is 482 g/mol. The van der Waals surface area contributed by atoms with Crippen LogP contribution in [0.2, 0.25) is 0 Å². The predicted molar refractivity (Wildman–Crippen MR) is 135 cm³/mol. The Morgan fingerprint density at radius 1 is 1.18 bits per heavy atom. The highest BCUT2D eigenvalue weighted by Crippen LogP contribution is 2.43. The standard InChI is InChI=1S/C26H28FN3OS2/c1-16(2)13-18-7-9-19(10-8-18)22-11-12-23(33-22)24(20-5-4-6-21(27)14-20)17(3)25(31)29-26-30-28-15-32-26/h4-12,15-17,20,24H,13-14H2,1-3H3,(H,29,30,31)/t17-,20?,24-/m1/s1. The van der Waals surface area contributed by atoms with Gasteiger partial charge in [0.05, 0.1) is 0 Å². The minimum atomic E-state index is -0.366. The molecule has 0 fully saturated rings. The average Bonchev–Trinajstić information content (AvgIpc) is 3.47. The molecule has 0 bridgehead atoms. The fourth-order valence-corrected chi connectivity index (χ4v) is 6.06. The number of halogens is 1. The quantitative estimate of drug-likeness (QED) is 0.368. The molecule has 33 heavy (non-hydrogen) atoms. The minimum absolute atomic E-state index is 0.0925. The molecule has 0 radical (unpaired) electrons. The number of carbonyl (C=O) groups is 1. The Balaban J connectivity index is 1.59. The van der Waals surface area contributed by atoms with E-state index in [2.05, 4.69) is 65.8 Å². The lowest BCUT2D eigenvalue weighted by Crippen LogP contribution is -2.29. The third-order valence-electron chi connectivity index (χ3n) is 5.91. The molecule has 1 aliphatic carbocycles. The predicted octanol–water partition coefficient (Wildman–Crippen LogP) is 7.25. The zero-order chi connectivity index (χ0) is 23.4. The van der Waals surface area contributed by atoms with Gasteiger partial charge in [0.2, 0.25) is 11.0 Å². The summed E-state index contributed by atoms with van der Waals surface area (Å²) in [6, 6.07) is 12.9. The van der Waals surface area contributed by atoms with Crippen molar-refractivity contribution >= 4 is 33.7 Å². The highest BCUT2D eigenvalue weighted by Gasteiger charge is 2.34. The summed E-state index contributed by atoms with van der Waals surface area (Å²) in [6.07, 6.45) is 6.63. The molecule has 1 N–H and O–H groups in total. The second-order valence-electron chi connectivity index (χ2n) is 8.91. The van der Waals surface area contributed by atoms with Crippen molar-refractivity contribution in [3.63, 3.8) is 0 Å². The molecular weight excluding hydrogens is 453 g/mol. The van der Waals surface area contributed by atoms with E-state index in [1.165, 1.54) is 23.0 Å². The van der Waals surface area contributed by atoms with E-state index < -0.39 is 0 Å². The van der Waals surface area contributed by atoms with Gasteiger partial charge in [0, 0.05) is 28.0 Å². The molecule has 0 saturated heterocycles. The molecule has 4 rings (SSSR count). The summed E-state index contributed by atoms with van der Waals surface area (Å²) < 4.78 is 14.2. The first-order chi connectivity index (χ1) is 15.9. The Labute approximate surface area is 202 Å². The van der Waals surface area contributed by atoms with E-state index in [1.54, 1.807) is 22.9 Å². The van der Waals surface area contributed by atoms with Crippen LogP contribution < -0.4 is 5.32 Å². The van der Waals surface area contributed by atoms with Crippen LogP contribution in [0.4, 0.5) is 9.52 Å². The number of rotatable bonds is 8. The summed E-state index contributed by atoms with van der Waals surface area (Å²) in [5.74, 6) is -0.266. The highest BCUT2D eigenvalue weighted by atomic mass is 32.1. The van der Waals surface area contributed by atoms with Gasteiger partial charge < -0.3 is 5.32 Å². The second-order valence-corrected chi connectivity index (χ2v) is 10.9. The van der Waals surface area contributed by atoms with Crippen molar-refractivity contribution in [3.05, 3.63) is 76.4 Å². The third-order valence-corrected chi connectivity index (χ3v) is 7.75. The van der Waals surface area contributed by atoms with Gasteiger partial charge >= 0.3 is 0 Å². The molecular formula is C26H28FN3OS2. The maximum absolute atomic E-state index is 14.2. The van der Waals surface area contributed by atoms with Crippen LogP contribution in [0.1, 0.15) is 43.6 Å². The van der Waals surface area contributed by atoms with E-state index in [9.17, 15) is 9.18 Å². The normalized spacial score (nSPS) is 17.6. The fraction of sp³-hybridized carbons (Fsp3) is 0.346. The topological polar surface area (TPSA) is 54.9 Å². The van der Waals surface area contributed by atoms with Gasteiger partial charge in [-0.2, -0.15) is 0 Å². The summed E-state index contributed by atoms with van der Waals surface area (Å²) in [5, 5.41) is 11.0. The lowest BCUT2D eigenvalue weighted by Gasteiger charge is -2.29. The first-order valence-corrected chi connectivity index (χ1v) is 12.9. The number of aromatic nitrogens is 2. The largest absolute Gasteiger partial charge is 0.300 e. The summed E-state index contributed by atoms with van der Waals surface area (Å²) in [4.78, 5) is 15.3. The molecule has 1 unspecified atom stereocenters. The summed E-state index contributed by atoms with van der Waals surface area (Å²) in [5.41, 5.74) is 4.08. The van der Waals surface area contributed by atoms with Gasteiger partial charge in [-0.15, -0.1) is 21.5 Å².